The first-order valence-corrected chi connectivity index (χ1v) is 5.94. The number of aromatic nitrogens is 3. The molecule has 2 rings (SSSR count). The number of ether oxygens (including phenoxy) is 1. The average Bonchev–Trinajstić information content (AvgIpc) is 2.84. The largest absolute Gasteiger partial charge is 0.481 e. The van der Waals surface area contributed by atoms with Gasteiger partial charge in [0.15, 0.2) is 0 Å². The van der Waals surface area contributed by atoms with Crippen LogP contribution in [0.5, 0.6) is 0 Å². The molecule has 20 heavy (non-hydrogen) atoms. The van der Waals surface area contributed by atoms with Gasteiger partial charge in [-0.15, -0.1) is 5.10 Å². The molecule has 0 bridgehead atoms. The number of nitrogens with zero attached hydrogens (tertiary/aromatic N) is 3. The maximum absolute atomic E-state index is 11.6. The number of esters is 1. The average molecular weight is 275 g/mol. The summed E-state index contributed by atoms with van der Waals surface area (Å²) in [6, 6.07) is 9.31. The molecule has 0 aliphatic heterocycles. The van der Waals surface area contributed by atoms with E-state index in [2.05, 4.69) is 10.3 Å². The van der Waals surface area contributed by atoms with Crippen LogP contribution >= 0.6 is 0 Å². The van der Waals surface area contributed by atoms with Gasteiger partial charge < -0.3 is 9.84 Å². The maximum Gasteiger partial charge on any atom is 0.328 e. The standard InChI is InChI=1S/C13H13N3O4/c17-12(18)6-11-7-16(15-14-11)8-13(19)20-9-10-4-2-1-3-5-10/h1-5,7H,6,8-9H2,(H,17,18). The van der Waals surface area contributed by atoms with Gasteiger partial charge in [-0.3, -0.25) is 9.59 Å². The lowest BCUT2D eigenvalue weighted by atomic mass is 10.2. The fourth-order valence-electron chi connectivity index (χ4n) is 1.57. The highest BCUT2D eigenvalue weighted by atomic mass is 16.5. The summed E-state index contributed by atoms with van der Waals surface area (Å²) in [4.78, 5) is 22.1. The number of rotatable bonds is 6. The minimum Gasteiger partial charge on any atom is -0.481 e. The van der Waals surface area contributed by atoms with Crippen LogP contribution in [0.25, 0.3) is 0 Å². The third-order valence-electron chi connectivity index (χ3n) is 2.45. The third-order valence-corrected chi connectivity index (χ3v) is 2.45. The Labute approximate surface area is 114 Å². The number of carboxylic acid groups (broad SMARTS) is 1. The predicted molar refractivity (Wildman–Crippen MR) is 67.6 cm³/mol. The van der Waals surface area contributed by atoms with Gasteiger partial charge in [0.1, 0.15) is 13.2 Å². The van der Waals surface area contributed by atoms with Gasteiger partial charge in [-0.1, -0.05) is 35.5 Å². The van der Waals surface area contributed by atoms with E-state index >= 15 is 0 Å². The topological polar surface area (TPSA) is 94.3 Å². The first kappa shape index (κ1) is 13.7. The molecule has 1 aromatic heterocycles. The molecule has 2 aromatic rings. The summed E-state index contributed by atoms with van der Waals surface area (Å²) in [5, 5.41) is 15.9. The quantitative estimate of drug-likeness (QED) is 0.778. The molecule has 7 heteroatoms. The molecule has 0 fully saturated rings. The molecular formula is C13H13N3O4. The fourth-order valence-corrected chi connectivity index (χ4v) is 1.57. The van der Waals surface area contributed by atoms with Gasteiger partial charge in [-0.2, -0.15) is 0 Å². The molecular weight excluding hydrogens is 262 g/mol. The van der Waals surface area contributed by atoms with Crippen molar-refractivity contribution in [2.75, 3.05) is 0 Å². The minimum absolute atomic E-state index is 0.0978. The van der Waals surface area contributed by atoms with Gasteiger partial charge in [-0.05, 0) is 5.56 Å². The summed E-state index contributed by atoms with van der Waals surface area (Å²) in [5.74, 6) is -1.45. The molecule has 0 unspecified atom stereocenters. The van der Waals surface area contributed by atoms with Crippen LogP contribution < -0.4 is 0 Å². The second-order valence-electron chi connectivity index (χ2n) is 4.12. The molecule has 0 aliphatic carbocycles. The van der Waals surface area contributed by atoms with E-state index in [1.165, 1.54) is 10.9 Å². The van der Waals surface area contributed by atoms with Gasteiger partial charge in [0, 0.05) is 6.20 Å². The Kier molecular flexibility index (Phi) is 4.43. The second kappa shape index (κ2) is 6.46. The molecule has 0 amide bonds. The number of hydrogen-bond acceptors (Lipinski definition) is 5. The molecule has 104 valence electrons. The van der Waals surface area contributed by atoms with Gasteiger partial charge in [-0.25, -0.2) is 4.68 Å². The van der Waals surface area contributed by atoms with E-state index in [9.17, 15) is 9.59 Å². The molecule has 1 aromatic carbocycles. The van der Waals surface area contributed by atoms with E-state index in [1.54, 1.807) is 0 Å². The predicted octanol–water partition coefficient (Wildman–Crippen LogP) is 0.649. The number of benzene rings is 1. The lowest BCUT2D eigenvalue weighted by Gasteiger charge is -2.04. The van der Waals surface area contributed by atoms with E-state index in [1.807, 2.05) is 30.3 Å². The molecule has 0 saturated carbocycles. The van der Waals surface area contributed by atoms with Gasteiger partial charge in [0.05, 0.1) is 12.1 Å². The number of carbonyl (C=O) groups is 2. The van der Waals surface area contributed by atoms with Crippen LogP contribution in [0.2, 0.25) is 0 Å². The van der Waals surface area contributed by atoms with Crippen molar-refractivity contribution in [3.63, 3.8) is 0 Å². The van der Waals surface area contributed by atoms with Crippen molar-refractivity contribution >= 4 is 11.9 Å². The van der Waals surface area contributed by atoms with E-state index in [0.717, 1.165) is 5.56 Å². The number of carboxylic acids is 1. The Morgan fingerprint density at radius 2 is 2.00 bits per heavy atom. The minimum atomic E-state index is -0.997. The highest BCUT2D eigenvalue weighted by molar-refractivity contribution is 5.70. The molecule has 0 aliphatic rings. The highest BCUT2D eigenvalue weighted by Crippen LogP contribution is 2.01. The summed E-state index contributed by atoms with van der Waals surface area (Å²) in [7, 11) is 0. The zero-order valence-electron chi connectivity index (χ0n) is 10.6. The van der Waals surface area contributed by atoms with Crippen LogP contribution in [0.4, 0.5) is 0 Å². The zero-order chi connectivity index (χ0) is 14.4. The lowest BCUT2D eigenvalue weighted by molar-refractivity contribution is -0.146. The smallest absolute Gasteiger partial charge is 0.328 e. The van der Waals surface area contributed by atoms with E-state index in [-0.39, 0.29) is 19.6 Å². The highest BCUT2D eigenvalue weighted by Gasteiger charge is 2.09. The molecule has 1 heterocycles. The van der Waals surface area contributed by atoms with Crippen LogP contribution in [0.15, 0.2) is 36.5 Å². The molecule has 7 nitrogen and oxygen atoms in total. The second-order valence-corrected chi connectivity index (χ2v) is 4.12. The number of hydrogen-bond donors (Lipinski definition) is 1. The van der Waals surface area contributed by atoms with Gasteiger partial charge in [0.25, 0.3) is 0 Å². The molecule has 0 spiro atoms. The molecule has 0 saturated heterocycles. The van der Waals surface area contributed by atoms with Crippen LogP contribution in [0.1, 0.15) is 11.3 Å². The summed E-state index contributed by atoms with van der Waals surface area (Å²) in [5.41, 5.74) is 1.19. The molecule has 1 N–H and O–H groups in total. The zero-order valence-corrected chi connectivity index (χ0v) is 10.6. The van der Waals surface area contributed by atoms with Crippen LogP contribution in [0.3, 0.4) is 0 Å². The van der Waals surface area contributed by atoms with E-state index in [4.69, 9.17) is 9.84 Å². The summed E-state index contributed by atoms with van der Waals surface area (Å²) < 4.78 is 6.33. The van der Waals surface area contributed by atoms with E-state index < -0.39 is 11.9 Å². The van der Waals surface area contributed by atoms with Crippen LogP contribution in [-0.4, -0.2) is 32.0 Å². The van der Waals surface area contributed by atoms with Gasteiger partial charge in [0.2, 0.25) is 0 Å². The number of carbonyl (C=O) groups excluding carboxylic acids is 1. The Hall–Kier alpha value is -2.70. The van der Waals surface area contributed by atoms with Crippen molar-refractivity contribution < 1.29 is 19.4 Å². The van der Waals surface area contributed by atoms with Crippen molar-refractivity contribution in [2.24, 2.45) is 0 Å². The van der Waals surface area contributed by atoms with Crippen LogP contribution in [-0.2, 0) is 33.9 Å². The van der Waals surface area contributed by atoms with E-state index in [0.29, 0.717) is 5.69 Å². The van der Waals surface area contributed by atoms with Crippen molar-refractivity contribution in [2.45, 2.75) is 19.6 Å². The van der Waals surface area contributed by atoms with Crippen molar-refractivity contribution in [3.05, 3.63) is 47.8 Å². The summed E-state index contributed by atoms with van der Waals surface area (Å²) in [6.45, 7) is 0.0931. The maximum atomic E-state index is 11.6. The summed E-state index contributed by atoms with van der Waals surface area (Å²) >= 11 is 0. The molecule has 0 atom stereocenters. The third kappa shape index (κ3) is 4.20. The first-order chi connectivity index (χ1) is 9.63. The van der Waals surface area contributed by atoms with Gasteiger partial charge >= 0.3 is 11.9 Å². The van der Waals surface area contributed by atoms with Crippen molar-refractivity contribution in [1.82, 2.24) is 15.0 Å². The Morgan fingerprint density at radius 1 is 1.25 bits per heavy atom. The molecule has 0 radical (unpaired) electrons. The first-order valence-electron chi connectivity index (χ1n) is 5.94. The van der Waals surface area contributed by atoms with Crippen molar-refractivity contribution in [1.29, 1.82) is 0 Å². The fraction of sp³-hybridized carbons (Fsp3) is 0.231. The Bertz CT molecular complexity index is 595. The Morgan fingerprint density at radius 3 is 2.70 bits per heavy atom. The summed E-state index contributed by atoms with van der Waals surface area (Å²) in [6.07, 6.45) is 1.19. The SMILES string of the molecule is O=C(O)Cc1cn(CC(=O)OCc2ccccc2)nn1. The normalized spacial score (nSPS) is 10.2. The monoisotopic (exact) mass is 275 g/mol. The lowest BCUT2D eigenvalue weighted by Crippen LogP contribution is -2.14. The number of aliphatic carboxylic acids is 1. The van der Waals surface area contributed by atoms with Crippen molar-refractivity contribution in [3.8, 4) is 0 Å². The van der Waals surface area contributed by atoms with Crippen LogP contribution in [0, 0.1) is 0 Å². The Balaban J connectivity index is 1.82.